The van der Waals surface area contributed by atoms with Gasteiger partial charge in [-0.25, -0.2) is 4.68 Å². The number of thioether (sulfide) groups is 1. The second-order valence-electron chi connectivity index (χ2n) is 13.5. The van der Waals surface area contributed by atoms with Gasteiger partial charge in [-0.2, -0.15) is 0 Å². The number of rotatable bonds is 8. The van der Waals surface area contributed by atoms with E-state index in [4.69, 9.17) is 0 Å². The maximum Gasteiger partial charge on any atom is 0.248 e. The number of hydrogen-bond acceptors (Lipinski definition) is 7. The lowest BCUT2D eigenvalue weighted by molar-refractivity contribution is -0.148. The molecule has 240 valence electrons. The summed E-state index contributed by atoms with van der Waals surface area (Å²) in [7, 11) is 0. The molecular formula is C35H40N6O4S. The fourth-order valence-electron chi connectivity index (χ4n) is 8.03. The van der Waals surface area contributed by atoms with Crippen LogP contribution in [0.5, 0.6) is 0 Å². The highest BCUT2D eigenvalue weighted by molar-refractivity contribution is 8.02. The van der Waals surface area contributed by atoms with Crippen molar-refractivity contribution in [3.63, 3.8) is 0 Å². The fourth-order valence-corrected chi connectivity index (χ4v) is 10.2. The number of para-hydroxylation sites is 1. The topological polar surface area (TPSA) is 112 Å². The third-order valence-corrected chi connectivity index (χ3v) is 11.7. The number of carbonyl (C=O) groups is 3. The smallest absolute Gasteiger partial charge is 0.248 e. The van der Waals surface area contributed by atoms with E-state index in [0.29, 0.717) is 26.1 Å². The van der Waals surface area contributed by atoms with Gasteiger partial charge in [-0.1, -0.05) is 85.8 Å². The molecule has 5 heterocycles. The Hall–Kier alpha value is -3.96. The normalized spacial score (nSPS) is 29.7. The highest BCUT2D eigenvalue weighted by Gasteiger charge is 2.74. The van der Waals surface area contributed by atoms with E-state index >= 15 is 0 Å². The minimum atomic E-state index is -0.993. The van der Waals surface area contributed by atoms with E-state index in [1.165, 1.54) is 0 Å². The lowest BCUT2D eigenvalue weighted by atomic mass is 9.74. The highest BCUT2D eigenvalue weighted by atomic mass is 32.2. The van der Waals surface area contributed by atoms with Crippen molar-refractivity contribution < 1.29 is 19.5 Å². The van der Waals surface area contributed by atoms with Crippen LogP contribution in [0.15, 0.2) is 78.9 Å². The Morgan fingerprint density at radius 1 is 0.913 bits per heavy atom. The van der Waals surface area contributed by atoms with Gasteiger partial charge in [-0.15, -0.1) is 16.9 Å². The van der Waals surface area contributed by atoms with Gasteiger partial charge in [-0.3, -0.25) is 14.4 Å². The van der Waals surface area contributed by atoms with Gasteiger partial charge in [0.2, 0.25) is 17.7 Å². The van der Waals surface area contributed by atoms with Crippen molar-refractivity contribution in [3.05, 3.63) is 84.5 Å². The predicted molar refractivity (Wildman–Crippen MR) is 176 cm³/mol. The lowest BCUT2D eigenvalue weighted by Crippen LogP contribution is -2.57. The molecule has 2 aromatic carbocycles. The number of likely N-dealkylation sites (tertiary alicyclic amines) is 1. The van der Waals surface area contributed by atoms with Gasteiger partial charge in [0.1, 0.15) is 18.2 Å². The van der Waals surface area contributed by atoms with Gasteiger partial charge in [0.05, 0.1) is 34.7 Å². The number of amides is 3. The number of nitrogens with zero attached hydrogens (tertiary/aromatic N) is 6. The van der Waals surface area contributed by atoms with E-state index in [-0.39, 0.29) is 36.9 Å². The molecule has 4 aliphatic heterocycles. The van der Waals surface area contributed by atoms with Crippen LogP contribution in [0, 0.1) is 17.8 Å². The SMILES string of the molecule is CC(C)C[C@H](CO)N1C(=O)[C@@H]2[C@H]3C(=O)N(Cc4ccccc4)CC=C[C@@]3(C)S[C@@]23C=CCN(Cn2nnc4ccccc42)C(=O)C13. The number of aliphatic hydroxyl groups is 1. The zero-order chi connectivity index (χ0) is 32.2. The summed E-state index contributed by atoms with van der Waals surface area (Å²) < 4.78 is 0.00480. The van der Waals surface area contributed by atoms with Crippen molar-refractivity contribution in [1.82, 2.24) is 29.7 Å². The van der Waals surface area contributed by atoms with Crippen LogP contribution < -0.4 is 0 Å². The predicted octanol–water partition coefficient (Wildman–Crippen LogP) is 3.48. The van der Waals surface area contributed by atoms with Crippen molar-refractivity contribution in [2.45, 2.75) is 62.0 Å². The average Bonchev–Trinajstić information content (AvgIpc) is 3.58. The van der Waals surface area contributed by atoms with E-state index in [9.17, 15) is 19.5 Å². The number of aliphatic hydroxyl groups excluding tert-OH is 1. The van der Waals surface area contributed by atoms with Crippen LogP contribution in [-0.4, -0.2) is 93.8 Å². The Balaban J connectivity index is 1.30. The third-order valence-electron chi connectivity index (χ3n) is 9.95. The Morgan fingerprint density at radius 2 is 1.63 bits per heavy atom. The van der Waals surface area contributed by atoms with E-state index in [1.807, 2.05) is 98.5 Å². The Labute approximate surface area is 273 Å². The number of hydrogen-bond donors (Lipinski definition) is 1. The largest absolute Gasteiger partial charge is 0.394 e. The minimum absolute atomic E-state index is 0.0832. The summed E-state index contributed by atoms with van der Waals surface area (Å²) in [5.41, 5.74) is 2.56. The molecule has 3 amide bonds. The van der Waals surface area contributed by atoms with Crippen LogP contribution in [0.25, 0.3) is 11.0 Å². The summed E-state index contributed by atoms with van der Waals surface area (Å²) in [6, 6.07) is 16.0. The molecule has 3 aromatic rings. The Kier molecular flexibility index (Phi) is 7.79. The Morgan fingerprint density at radius 3 is 2.39 bits per heavy atom. The first kappa shape index (κ1) is 30.7. The first-order chi connectivity index (χ1) is 22.2. The lowest BCUT2D eigenvalue weighted by Gasteiger charge is -2.40. The van der Waals surface area contributed by atoms with Gasteiger partial charge < -0.3 is 19.8 Å². The zero-order valence-corrected chi connectivity index (χ0v) is 27.2. The third kappa shape index (κ3) is 4.86. The van der Waals surface area contributed by atoms with E-state index in [0.717, 1.165) is 16.6 Å². The zero-order valence-electron chi connectivity index (χ0n) is 26.4. The van der Waals surface area contributed by atoms with Crippen molar-refractivity contribution >= 4 is 40.5 Å². The minimum Gasteiger partial charge on any atom is -0.394 e. The fraction of sp³-hybridized carbons (Fsp3) is 0.457. The second-order valence-corrected chi connectivity index (χ2v) is 15.3. The molecule has 6 atom stereocenters. The summed E-state index contributed by atoms with van der Waals surface area (Å²) in [6.07, 6.45) is 8.63. The first-order valence-corrected chi connectivity index (χ1v) is 16.9. The van der Waals surface area contributed by atoms with Crippen LogP contribution >= 0.6 is 11.8 Å². The van der Waals surface area contributed by atoms with Gasteiger partial charge in [-0.05, 0) is 37.0 Å². The maximum atomic E-state index is 14.9. The van der Waals surface area contributed by atoms with Gasteiger partial charge in [0.15, 0.2) is 0 Å². The molecule has 11 heteroatoms. The summed E-state index contributed by atoms with van der Waals surface area (Å²) in [5.74, 6) is -1.80. The molecule has 0 saturated carbocycles. The van der Waals surface area contributed by atoms with E-state index in [2.05, 4.69) is 16.4 Å². The van der Waals surface area contributed by atoms with Crippen LogP contribution in [0.4, 0.5) is 0 Å². The average molecular weight is 641 g/mol. The Bertz CT molecular complexity index is 1720. The molecule has 1 spiro atoms. The first-order valence-electron chi connectivity index (χ1n) is 16.0. The standard InChI is InChI=1S/C35H40N6O4S/c1-23(2)19-25(21-42)41-30-33(45)39(22-40-27-14-8-7-13-26(27)36-37-40)18-10-16-35(30)29(32(41)44)28-31(43)38(17-9-15-34(28,3)46-35)20-24-11-5-4-6-12-24/h4-16,23,25,28-30,42H,17-22H2,1-3H3/t25-,28+,29+,30?,34-,35+/m1/s1. The van der Waals surface area contributed by atoms with Crippen molar-refractivity contribution in [1.29, 1.82) is 0 Å². The number of fused-ring (bicyclic) bond motifs is 3. The molecule has 2 fully saturated rings. The monoisotopic (exact) mass is 640 g/mol. The molecule has 1 aromatic heterocycles. The van der Waals surface area contributed by atoms with Crippen molar-refractivity contribution in [2.75, 3.05) is 19.7 Å². The van der Waals surface area contributed by atoms with Crippen molar-refractivity contribution in [3.8, 4) is 0 Å². The number of carbonyl (C=O) groups excluding carboxylic acids is 3. The molecule has 0 bridgehead atoms. The molecule has 0 aliphatic carbocycles. The molecule has 0 radical (unpaired) electrons. The number of aromatic nitrogens is 3. The molecule has 7 rings (SSSR count). The van der Waals surface area contributed by atoms with Crippen LogP contribution in [-0.2, 0) is 27.6 Å². The quantitative estimate of drug-likeness (QED) is 0.376. The van der Waals surface area contributed by atoms with Crippen molar-refractivity contribution in [2.24, 2.45) is 17.8 Å². The van der Waals surface area contributed by atoms with Crippen LogP contribution in [0.3, 0.4) is 0 Å². The number of benzene rings is 2. The molecular weight excluding hydrogens is 600 g/mol. The summed E-state index contributed by atoms with van der Waals surface area (Å²) in [6.45, 7) is 7.21. The maximum absolute atomic E-state index is 14.9. The molecule has 1 N–H and O–H groups in total. The molecule has 4 aliphatic rings. The molecule has 46 heavy (non-hydrogen) atoms. The van der Waals surface area contributed by atoms with E-state index < -0.39 is 33.4 Å². The summed E-state index contributed by atoms with van der Waals surface area (Å²) in [5, 5.41) is 19.3. The molecule has 10 nitrogen and oxygen atoms in total. The van der Waals surface area contributed by atoms with Gasteiger partial charge in [0.25, 0.3) is 0 Å². The highest BCUT2D eigenvalue weighted by Crippen LogP contribution is 2.66. The molecule has 2 saturated heterocycles. The summed E-state index contributed by atoms with van der Waals surface area (Å²) >= 11 is 1.56. The van der Waals surface area contributed by atoms with Gasteiger partial charge >= 0.3 is 0 Å². The van der Waals surface area contributed by atoms with Gasteiger partial charge in [0, 0.05) is 24.4 Å². The van der Waals surface area contributed by atoms with Crippen LogP contribution in [0.2, 0.25) is 0 Å². The molecule has 1 unspecified atom stereocenters. The van der Waals surface area contributed by atoms with E-state index in [1.54, 1.807) is 26.2 Å². The summed E-state index contributed by atoms with van der Waals surface area (Å²) in [4.78, 5) is 49.5. The van der Waals surface area contributed by atoms with Crippen LogP contribution in [0.1, 0.15) is 32.8 Å². The second kappa shape index (κ2) is 11.7.